The van der Waals surface area contributed by atoms with Gasteiger partial charge in [0.15, 0.2) is 0 Å². The van der Waals surface area contributed by atoms with Crippen LogP contribution in [0.25, 0.3) is 0 Å². The maximum atomic E-state index is 5.86. The summed E-state index contributed by atoms with van der Waals surface area (Å²) in [6, 6.07) is 9.95. The zero-order valence-corrected chi connectivity index (χ0v) is 13.8. The highest BCUT2D eigenvalue weighted by atomic mass is 16.5. The van der Waals surface area contributed by atoms with Crippen molar-refractivity contribution >= 4 is 0 Å². The predicted molar refractivity (Wildman–Crippen MR) is 88.3 cm³/mol. The van der Waals surface area contributed by atoms with E-state index in [1.165, 1.54) is 30.5 Å². The van der Waals surface area contributed by atoms with Crippen LogP contribution in [0.4, 0.5) is 0 Å². The lowest BCUT2D eigenvalue weighted by molar-refractivity contribution is 0.101. The number of nitrogens with one attached hydrogen (secondary N) is 1. The molecule has 0 aromatic heterocycles. The molecule has 2 rings (SSSR count). The first-order valence-electron chi connectivity index (χ1n) is 8.24. The molecular formula is C18H30N2O. The molecule has 0 bridgehead atoms. The number of rotatable bonds is 8. The molecule has 1 N–H and O–H groups in total. The smallest absolute Gasteiger partial charge is 0.0716 e. The zero-order chi connectivity index (χ0) is 15.1. The fraction of sp³-hybridized carbons (Fsp3) is 0.667. The van der Waals surface area contributed by atoms with Crippen LogP contribution >= 0.6 is 0 Å². The first-order valence-corrected chi connectivity index (χ1v) is 8.24. The number of nitrogens with zero attached hydrogens (tertiary/aromatic N) is 1. The average Bonchev–Trinajstić information content (AvgIpc) is 2.87. The molecule has 1 aromatic carbocycles. The van der Waals surface area contributed by atoms with Crippen LogP contribution in [0, 0.1) is 0 Å². The molecule has 3 heteroatoms. The van der Waals surface area contributed by atoms with Crippen LogP contribution < -0.4 is 5.32 Å². The molecule has 0 aliphatic carbocycles. The van der Waals surface area contributed by atoms with E-state index in [1.54, 1.807) is 0 Å². The van der Waals surface area contributed by atoms with Crippen LogP contribution in [0.15, 0.2) is 24.3 Å². The minimum Gasteiger partial charge on any atom is -0.377 e. The summed E-state index contributed by atoms with van der Waals surface area (Å²) in [7, 11) is 2.23. The summed E-state index contributed by atoms with van der Waals surface area (Å²) in [5.74, 6) is 0. The predicted octanol–water partition coefficient (Wildman–Crippen LogP) is 3.19. The molecule has 0 radical (unpaired) electrons. The van der Waals surface area contributed by atoms with Gasteiger partial charge in [0, 0.05) is 25.2 Å². The van der Waals surface area contributed by atoms with Crippen LogP contribution in [0.2, 0.25) is 0 Å². The molecule has 1 unspecified atom stereocenters. The molecule has 1 fully saturated rings. The van der Waals surface area contributed by atoms with Gasteiger partial charge in [-0.1, -0.05) is 38.1 Å². The van der Waals surface area contributed by atoms with Crippen molar-refractivity contribution in [3.05, 3.63) is 35.4 Å². The topological polar surface area (TPSA) is 24.5 Å². The summed E-state index contributed by atoms with van der Waals surface area (Å²) in [4.78, 5) is 2.46. The molecule has 0 spiro atoms. The van der Waals surface area contributed by atoms with Crippen molar-refractivity contribution in [3.63, 3.8) is 0 Å². The Hall–Kier alpha value is -0.900. The summed E-state index contributed by atoms with van der Waals surface area (Å²) in [6.07, 6.45) is 3.83. The molecule has 1 aromatic rings. The average molecular weight is 290 g/mol. The van der Waals surface area contributed by atoms with E-state index in [9.17, 15) is 0 Å². The van der Waals surface area contributed by atoms with Gasteiger partial charge >= 0.3 is 0 Å². The Morgan fingerprint density at radius 2 is 2.14 bits per heavy atom. The van der Waals surface area contributed by atoms with Crippen molar-refractivity contribution in [3.8, 4) is 0 Å². The largest absolute Gasteiger partial charge is 0.377 e. The summed E-state index contributed by atoms with van der Waals surface area (Å²) in [5.41, 5.74) is 2.61. The van der Waals surface area contributed by atoms with E-state index >= 15 is 0 Å². The Kier molecular flexibility index (Phi) is 6.68. The molecule has 0 saturated carbocycles. The minimum absolute atomic E-state index is 0.522. The summed E-state index contributed by atoms with van der Waals surface area (Å²) in [6.45, 7) is 8.11. The van der Waals surface area contributed by atoms with Crippen molar-refractivity contribution < 1.29 is 4.74 Å². The van der Waals surface area contributed by atoms with Crippen LogP contribution in [0.5, 0.6) is 0 Å². The maximum Gasteiger partial charge on any atom is 0.0716 e. The van der Waals surface area contributed by atoms with Gasteiger partial charge in [0.25, 0.3) is 0 Å². The molecule has 1 aliphatic rings. The van der Waals surface area contributed by atoms with Crippen molar-refractivity contribution in [2.24, 2.45) is 0 Å². The highest BCUT2D eigenvalue weighted by Gasteiger charge is 2.19. The Balaban J connectivity index is 1.69. The second kappa shape index (κ2) is 8.52. The Bertz CT molecular complexity index is 419. The SMILES string of the molecule is CC(C)NCc1cccc(COCCC2CCCN2C)c1. The van der Waals surface area contributed by atoms with E-state index in [0.29, 0.717) is 6.04 Å². The number of likely N-dealkylation sites (tertiary alicyclic amines) is 1. The minimum atomic E-state index is 0.522. The third-order valence-electron chi connectivity index (χ3n) is 4.24. The van der Waals surface area contributed by atoms with Crippen molar-refractivity contribution in [1.82, 2.24) is 10.2 Å². The molecular weight excluding hydrogens is 260 g/mol. The summed E-state index contributed by atoms with van der Waals surface area (Å²) < 4.78 is 5.86. The van der Waals surface area contributed by atoms with E-state index in [1.807, 2.05) is 0 Å². The zero-order valence-electron chi connectivity index (χ0n) is 13.8. The van der Waals surface area contributed by atoms with Gasteiger partial charge in [0.1, 0.15) is 0 Å². The number of hydrogen-bond acceptors (Lipinski definition) is 3. The third-order valence-corrected chi connectivity index (χ3v) is 4.24. The van der Waals surface area contributed by atoms with Crippen LogP contribution in [0.3, 0.4) is 0 Å². The maximum absolute atomic E-state index is 5.86. The van der Waals surface area contributed by atoms with E-state index in [-0.39, 0.29) is 0 Å². The normalized spacial score (nSPS) is 19.5. The van der Waals surface area contributed by atoms with Gasteiger partial charge < -0.3 is 15.0 Å². The molecule has 3 nitrogen and oxygen atoms in total. The van der Waals surface area contributed by atoms with E-state index in [0.717, 1.165) is 32.2 Å². The van der Waals surface area contributed by atoms with E-state index in [2.05, 4.69) is 55.4 Å². The number of ether oxygens (including phenoxy) is 1. The molecule has 0 amide bonds. The first kappa shape index (κ1) is 16.5. The van der Waals surface area contributed by atoms with E-state index < -0.39 is 0 Å². The third kappa shape index (κ3) is 5.77. The lowest BCUT2D eigenvalue weighted by Gasteiger charge is -2.19. The highest BCUT2D eigenvalue weighted by Crippen LogP contribution is 2.17. The number of hydrogen-bond donors (Lipinski definition) is 1. The van der Waals surface area contributed by atoms with Gasteiger partial charge in [-0.05, 0) is 44.0 Å². The first-order chi connectivity index (χ1) is 10.1. The van der Waals surface area contributed by atoms with Gasteiger partial charge in [-0.3, -0.25) is 0 Å². The monoisotopic (exact) mass is 290 g/mol. The quantitative estimate of drug-likeness (QED) is 0.744. The summed E-state index contributed by atoms with van der Waals surface area (Å²) >= 11 is 0. The Morgan fingerprint density at radius 3 is 2.86 bits per heavy atom. The molecule has 1 atom stereocenters. The van der Waals surface area contributed by atoms with Crippen molar-refractivity contribution in [2.45, 2.75) is 58.3 Å². The van der Waals surface area contributed by atoms with Gasteiger partial charge in [0.05, 0.1) is 6.61 Å². The molecule has 1 aliphatic heterocycles. The van der Waals surface area contributed by atoms with Crippen LogP contribution in [0.1, 0.15) is 44.2 Å². The van der Waals surface area contributed by atoms with E-state index in [4.69, 9.17) is 4.74 Å². The molecule has 21 heavy (non-hydrogen) atoms. The van der Waals surface area contributed by atoms with Crippen LogP contribution in [-0.4, -0.2) is 37.2 Å². The number of benzene rings is 1. The highest BCUT2D eigenvalue weighted by molar-refractivity contribution is 5.22. The Labute approximate surface area is 129 Å². The Morgan fingerprint density at radius 1 is 1.33 bits per heavy atom. The van der Waals surface area contributed by atoms with Crippen molar-refractivity contribution in [2.75, 3.05) is 20.2 Å². The van der Waals surface area contributed by atoms with Gasteiger partial charge in [-0.15, -0.1) is 0 Å². The lowest BCUT2D eigenvalue weighted by atomic mass is 10.1. The summed E-state index contributed by atoms with van der Waals surface area (Å²) in [5, 5.41) is 3.45. The van der Waals surface area contributed by atoms with Gasteiger partial charge in [-0.2, -0.15) is 0 Å². The fourth-order valence-electron chi connectivity index (χ4n) is 2.90. The fourth-order valence-corrected chi connectivity index (χ4v) is 2.90. The standard InChI is InChI=1S/C18H30N2O/c1-15(2)19-13-16-6-4-7-17(12-16)14-21-11-9-18-8-5-10-20(18)3/h4,6-7,12,15,18-19H,5,8-11,13-14H2,1-3H3. The van der Waals surface area contributed by atoms with Crippen molar-refractivity contribution in [1.29, 1.82) is 0 Å². The molecule has 118 valence electrons. The lowest BCUT2D eigenvalue weighted by Crippen LogP contribution is -2.26. The second-order valence-electron chi connectivity index (χ2n) is 6.47. The van der Waals surface area contributed by atoms with Crippen LogP contribution in [-0.2, 0) is 17.9 Å². The van der Waals surface area contributed by atoms with Gasteiger partial charge in [-0.25, -0.2) is 0 Å². The second-order valence-corrected chi connectivity index (χ2v) is 6.47. The van der Waals surface area contributed by atoms with Gasteiger partial charge in [0.2, 0.25) is 0 Å². The molecule has 1 saturated heterocycles. The molecule has 1 heterocycles.